The third-order valence-corrected chi connectivity index (χ3v) is 4.71. The first kappa shape index (κ1) is 15.7. The smallest absolute Gasteiger partial charge is 0.257 e. The van der Waals surface area contributed by atoms with Crippen LogP contribution in [0.25, 0.3) is 10.2 Å². The minimum absolute atomic E-state index is 0.112. The van der Waals surface area contributed by atoms with Crippen LogP contribution in [0.15, 0.2) is 42.5 Å². The SMILES string of the molecule is CCCCc1ccc2nc(NC(=O)c3cccc(C)c3)sc2c1. The molecule has 0 unspecified atom stereocenters. The monoisotopic (exact) mass is 324 g/mol. The highest BCUT2D eigenvalue weighted by Gasteiger charge is 2.10. The van der Waals surface area contributed by atoms with E-state index in [4.69, 9.17) is 0 Å². The van der Waals surface area contributed by atoms with Gasteiger partial charge in [0.25, 0.3) is 5.91 Å². The maximum Gasteiger partial charge on any atom is 0.257 e. The molecular weight excluding hydrogens is 304 g/mol. The van der Waals surface area contributed by atoms with Crippen molar-refractivity contribution in [3.8, 4) is 0 Å². The van der Waals surface area contributed by atoms with Gasteiger partial charge in [-0.05, 0) is 49.6 Å². The number of fused-ring (bicyclic) bond motifs is 1. The zero-order valence-corrected chi connectivity index (χ0v) is 14.2. The van der Waals surface area contributed by atoms with Gasteiger partial charge in [0.2, 0.25) is 0 Å². The van der Waals surface area contributed by atoms with Crippen LogP contribution in [0.1, 0.15) is 41.3 Å². The molecule has 1 aromatic heterocycles. The Balaban J connectivity index is 1.79. The lowest BCUT2D eigenvalue weighted by Gasteiger charge is -2.02. The van der Waals surface area contributed by atoms with Crippen molar-refractivity contribution in [2.75, 3.05) is 5.32 Å². The van der Waals surface area contributed by atoms with E-state index in [9.17, 15) is 4.79 Å². The molecule has 0 aliphatic rings. The minimum atomic E-state index is -0.112. The zero-order valence-electron chi connectivity index (χ0n) is 13.4. The second kappa shape index (κ2) is 6.92. The molecule has 2 aromatic carbocycles. The second-order valence-electron chi connectivity index (χ2n) is 5.75. The average Bonchev–Trinajstić information content (AvgIpc) is 2.94. The summed E-state index contributed by atoms with van der Waals surface area (Å²) < 4.78 is 1.12. The normalized spacial score (nSPS) is 10.9. The van der Waals surface area contributed by atoms with Crippen LogP contribution in [0.2, 0.25) is 0 Å². The molecule has 0 saturated heterocycles. The molecule has 1 heterocycles. The first-order valence-corrected chi connectivity index (χ1v) is 8.75. The van der Waals surface area contributed by atoms with Crippen molar-refractivity contribution < 1.29 is 4.79 Å². The number of nitrogens with zero attached hydrogens (tertiary/aromatic N) is 1. The Morgan fingerprint density at radius 3 is 2.87 bits per heavy atom. The van der Waals surface area contributed by atoms with Gasteiger partial charge in [-0.1, -0.05) is 48.4 Å². The second-order valence-corrected chi connectivity index (χ2v) is 6.78. The topological polar surface area (TPSA) is 42.0 Å². The molecular formula is C19H20N2OS. The number of nitrogens with one attached hydrogen (secondary N) is 1. The number of hydrogen-bond acceptors (Lipinski definition) is 3. The zero-order chi connectivity index (χ0) is 16.2. The van der Waals surface area contributed by atoms with Gasteiger partial charge in [0.05, 0.1) is 10.2 Å². The fraction of sp³-hybridized carbons (Fsp3) is 0.263. The third-order valence-electron chi connectivity index (χ3n) is 3.77. The van der Waals surface area contributed by atoms with Crippen molar-refractivity contribution in [1.82, 2.24) is 4.98 Å². The number of carbonyl (C=O) groups is 1. The Bertz CT molecular complexity index is 838. The highest BCUT2D eigenvalue weighted by atomic mass is 32.1. The Morgan fingerprint density at radius 2 is 2.09 bits per heavy atom. The van der Waals surface area contributed by atoms with Crippen LogP contribution in [-0.2, 0) is 6.42 Å². The van der Waals surface area contributed by atoms with Gasteiger partial charge in [0, 0.05) is 5.56 Å². The fourth-order valence-electron chi connectivity index (χ4n) is 2.51. The van der Waals surface area contributed by atoms with Crippen molar-refractivity contribution >= 4 is 32.6 Å². The molecule has 0 fully saturated rings. The van der Waals surface area contributed by atoms with E-state index in [0.717, 1.165) is 22.2 Å². The summed E-state index contributed by atoms with van der Waals surface area (Å²) in [4.78, 5) is 16.8. The van der Waals surface area contributed by atoms with E-state index in [2.05, 4.69) is 29.4 Å². The van der Waals surface area contributed by atoms with Crippen molar-refractivity contribution in [3.05, 3.63) is 59.2 Å². The lowest BCUT2D eigenvalue weighted by Crippen LogP contribution is -2.11. The summed E-state index contributed by atoms with van der Waals surface area (Å²) in [5.41, 5.74) is 4.00. The fourth-order valence-corrected chi connectivity index (χ4v) is 3.44. The maximum absolute atomic E-state index is 12.3. The molecule has 0 atom stereocenters. The van der Waals surface area contributed by atoms with Gasteiger partial charge in [-0.2, -0.15) is 0 Å². The largest absolute Gasteiger partial charge is 0.298 e. The molecule has 4 heteroatoms. The summed E-state index contributed by atoms with van der Waals surface area (Å²) in [6.07, 6.45) is 3.48. The van der Waals surface area contributed by atoms with Gasteiger partial charge in [-0.3, -0.25) is 10.1 Å². The van der Waals surface area contributed by atoms with Crippen molar-refractivity contribution in [1.29, 1.82) is 0 Å². The Morgan fingerprint density at radius 1 is 1.22 bits per heavy atom. The number of rotatable bonds is 5. The van der Waals surface area contributed by atoms with E-state index in [1.54, 1.807) is 0 Å². The molecule has 3 rings (SSSR count). The summed E-state index contributed by atoms with van der Waals surface area (Å²) in [5, 5.41) is 3.56. The highest BCUT2D eigenvalue weighted by molar-refractivity contribution is 7.22. The van der Waals surface area contributed by atoms with Crippen LogP contribution < -0.4 is 5.32 Å². The lowest BCUT2D eigenvalue weighted by atomic mass is 10.1. The van der Waals surface area contributed by atoms with E-state index in [1.807, 2.05) is 37.3 Å². The molecule has 0 saturated carbocycles. The number of hydrogen-bond donors (Lipinski definition) is 1. The molecule has 0 bridgehead atoms. The van der Waals surface area contributed by atoms with E-state index in [-0.39, 0.29) is 5.91 Å². The first-order valence-electron chi connectivity index (χ1n) is 7.93. The predicted molar refractivity (Wildman–Crippen MR) is 97.4 cm³/mol. The van der Waals surface area contributed by atoms with Gasteiger partial charge in [0.15, 0.2) is 5.13 Å². The molecule has 0 radical (unpaired) electrons. The van der Waals surface area contributed by atoms with E-state index < -0.39 is 0 Å². The molecule has 1 N–H and O–H groups in total. The molecule has 23 heavy (non-hydrogen) atoms. The van der Waals surface area contributed by atoms with Gasteiger partial charge in [0.1, 0.15) is 0 Å². The van der Waals surface area contributed by atoms with Crippen LogP contribution in [0.5, 0.6) is 0 Å². The summed E-state index contributed by atoms with van der Waals surface area (Å²) >= 11 is 1.53. The molecule has 0 spiro atoms. The molecule has 3 aromatic rings. The van der Waals surface area contributed by atoms with Crippen LogP contribution in [0, 0.1) is 6.92 Å². The minimum Gasteiger partial charge on any atom is -0.298 e. The van der Waals surface area contributed by atoms with Crippen molar-refractivity contribution in [2.45, 2.75) is 33.1 Å². The number of benzene rings is 2. The van der Waals surface area contributed by atoms with Crippen molar-refractivity contribution in [3.63, 3.8) is 0 Å². The quantitative estimate of drug-likeness (QED) is 0.701. The van der Waals surface area contributed by atoms with Gasteiger partial charge in [-0.25, -0.2) is 4.98 Å². The van der Waals surface area contributed by atoms with Crippen LogP contribution in [0.3, 0.4) is 0 Å². The van der Waals surface area contributed by atoms with Gasteiger partial charge < -0.3 is 0 Å². The number of carbonyl (C=O) groups excluding carboxylic acids is 1. The molecule has 1 amide bonds. The number of thiazole rings is 1. The number of aryl methyl sites for hydroxylation is 2. The van der Waals surface area contributed by atoms with Gasteiger partial charge in [-0.15, -0.1) is 0 Å². The number of unbranched alkanes of at least 4 members (excludes halogenated alkanes) is 1. The highest BCUT2D eigenvalue weighted by Crippen LogP contribution is 2.27. The third kappa shape index (κ3) is 3.77. The molecule has 0 aliphatic heterocycles. The first-order chi connectivity index (χ1) is 11.2. The van der Waals surface area contributed by atoms with Crippen molar-refractivity contribution in [2.24, 2.45) is 0 Å². The van der Waals surface area contributed by atoms with Crippen LogP contribution in [-0.4, -0.2) is 10.9 Å². The van der Waals surface area contributed by atoms with Gasteiger partial charge >= 0.3 is 0 Å². The summed E-state index contributed by atoms with van der Waals surface area (Å²) in [6.45, 7) is 4.18. The predicted octanol–water partition coefficient (Wildman–Crippen LogP) is 5.20. The van der Waals surface area contributed by atoms with E-state index >= 15 is 0 Å². The Hall–Kier alpha value is -2.20. The number of anilines is 1. The summed E-state index contributed by atoms with van der Waals surface area (Å²) in [7, 11) is 0. The van der Waals surface area contributed by atoms with Crippen LogP contribution in [0.4, 0.5) is 5.13 Å². The number of aromatic nitrogens is 1. The standard InChI is InChI=1S/C19H20N2OS/c1-3-4-7-14-9-10-16-17(12-14)23-19(20-16)21-18(22)15-8-5-6-13(2)11-15/h5-6,8-12H,3-4,7H2,1-2H3,(H,20,21,22). The molecule has 118 valence electrons. The average molecular weight is 324 g/mol. The molecule has 0 aliphatic carbocycles. The lowest BCUT2D eigenvalue weighted by molar-refractivity contribution is 0.102. The maximum atomic E-state index is 12.3. The molecule has 3 nitrogen and oxygen atoms in total. The Kier molecular flexibility index (Phi) is 4.72. The Labute approximate surface area is 140 Å². The summed E-state index contributed by atoms with van der Waals surface area (Å²) in [5.74, 6) is -0.112. The van der Waals surface area contributed by atoms with E-state index in [1.165, 1.54) is 29.7 Å². The van der Waals surface area contributed by atoms with E-state index in [0.29, 0.717) is 10.7 Å². The van der Waals surface area contributed by atoms with Crippen LogP contribution >= 0.6 is 11.3 Å². The summed E-state index contributed by atoms with van der Waals surface area (Å²) in [6, 6.07) is 13.9. The number of amides is 1.